The van der Waals surface area contributed by atoms with Crippen LogP contribution in [0.5, 0.6) is 0 Å². The van der Waals surface area contributed by atoms with Crippen molar-refractivity contribution in [2.75, 3.05) is 0 Å². The van der Waals surface area contributed by atoms with Crippen molar-refractivity contribution in [2.45, 2.75) is 13.8 Å². The van der Waals surface area contributed by atoms with Crippen molar-refractivity contribution in [1.82, 2.24) is 9.38 Å². The third kappa shape index (κ3) is 2.93. The lowest BCUT2D eigenvalue weighted by Gasteiger charge is -1.98. The zero-order chi connectivity index (χ0) is 16.6. The van der Waals surface area contributed by atoms with E-state index in [9.17, 15) is 9.59 Å². The number of hydrogen-bond donors (Lipinski definition) is 1. The summed E-state index contributed by atoms with van der Waals surface area (Å²) in [4.78, 5) is 28.3. The summed E-state index contributed by atoms with van der Waals surface area (Å²) in [5.41, 5.74) is 2.80. The molecule has 0 atom stereocenters. The van der Waals surface area contributed by atoms with Crippen molar-refractivity contribution >= 4 is 34.4 Å². The molecular formula is C17H14N2O3S. The second-order valence-corrected chi connectivity index (χ2v) is 6.18. The first kappa shape index (κ1) is 15.2. The molecule has 5 nitrogen and oxygen atoms in total. The summed E-state index contributed by atoms with van der Waals surface area (Å²) in [6, 6.07) is 9.37. The fourth-order valence-corrected chi connectivity index (χ4v) is 3.34. The number of hydrogen-bond acceptors (Lipinski definition) is 4. The van der Waals surface area contributed by atoms with E-state index >= 15 is 0 Å². The first-order valence-electron chi connectivity index (χ1n) is 6.97. The van der Waals surface area contributed by atoms with Crippen LogP contribution in [-0.2, 0) is 0 Å². The minimum absolute atomic E-state index is 0.134. The highest BCUT2D eigenvalue weighted by molar-refractivity contribution is 7.18. The number of thiazole rings is 1. The molecule has 0 saturated heterocycles. The van der Waals surface area contributed by atoms with Gasteiger partial charge in [0.15, 0.2) is 4.96 Å². The molecule has 0 radical (unpaired) electrons. The third-order valence-corrected chi connectivity index (χ3v) is 4.58. The fraction of sp³-hybridized carbons (Fsp3) is 0.118. The quantitative estimate of drug-likeness (QED) is 0.802. The van der Waals surface area contributed by atoms with E-state index in [1.807, 2.05) is 37.3 Å². The van der Waals surface area contributed by atoms with E-state index in [1.54, 1.807) is 13.0 Å². The summed E-state index contributed by atoms with van der Waals surface area (Å²) in [6.45, 7) is 3.62. The molecule has 3 rings (SSSR count). The fourth-order valence-electron chi connectivity index (χ4n) is 2.36. The molecule has 0 amide bonds. The maximum atomic E-state index is 12.2. The zero-order valence-electron chi connectivity index (χ0n) is 12.6. The molecule has 23 heavy (non-hydrogen) atoms. The Labute approximate surface area is 136 Å². The smallest absolute Gasteiger partial charge is 0.347 e. The average Bonchev–Trinajstić information content (AvgIpc) is 2.83. The van der Waals surface area contributed by atoms with Gasteiger partial charge in [-0.3, -0.25) is 9.20 Å². The lowest BCUT2D eigenvalue weighted by atomic mass is 10.1. The van der Waals surface area contributed by atoms with Gasteiger partial charge in [-0.2, -0.15) is 0 Å². The van der Waals surface area contributed by atoms with Gasteiger partial charge in [-0.15, -0.1) is 0 Å². The molecule has 116 valence electrons. The molecule has 0 spiro atoms. The number of carboxylic acid groups (broad SMARTS) is 1. The lowest BCUT2D eigenvalue weighted by molar-refractivity contribution is 0.0701. The van der Waals surface area contributed by atoms with Crippen LogP contribution in [0.15, 0.2) is 35.1 Å². The van der Waals surface area contributed by atoms with Crippen molar-refractivity contribution < 1.29 is 9.90 Å². The second-order valence-electron chi connectivity index (χ2n) is 5.21. The summed E-state index contributed by atoms with van der Waals surface area (Å²) < 4.78 is 1.33. The van der Waals surface area contributed by atoms with Gasteiger partial charge in [0.05, 0.1) is 11.4 Å². The molecule has 6 heteroatoms. The number of aromatic nitrogens is 2. The molecular weight excluding hydrogens is 312 g/mol. The number of benzene rings is 1. The van der Waals surface area contributed by atoms with Gasteiger partial charge in [0.25, 0.3) is 5.56 Å². The predicted octanol–water partition coefficient (Wildman–Crippen LogP) is 3.24. The van der Waals surface area contributed by atoms with Gasteiger partial charge in [0, 0.05) is 6.07 Å². The molecule has 0 bridgehead atoms. The van der Waals surface area contributed by atoms with Crippen LogP contribution in [0.1, 0.15) is 32.2 Å². The summed E-state index contributed by atoms with van der Waals surface area (Å²) >= 11 is 1.00. The Hall–Kier alpha value is -2.73. The predicted molar refractivity (Wildman–Crippen MR) is 91.1 cm³/mol. The van der Waals surface area contributed by atoms with E-state index in [2.05, 4.69) is 4.98 Å². The van der Waals surface area contributed by atoms with E-state index in [0.29, 0.717) is 16.3 Å². The number of rotatable bonds is 3. The third-order valence-electron chi connectivity index (χ3n) is 3.45. The summed E-state index contributed by atoms with van der Waals surface area (Å²) in [5, 5.41) is 9.16. The van der Waals surface area contributed by atoms with Gasteiger partial charge in [-0.1, -0.05) is 47.2 Å². The number of carboxylic acids is 1. The van der Waals surface area contributed by atoms with E-state index in [0.717, 1.165) is 22.5 Å². The van der Waals surface area contributed by atoms with Crippen molar-refractivity contribution in [3.8, 4) is 0 Å². The number of fused-ring (bicyclic) bond motifs is 1. The van der Waals surface area contributed by atoms with Gasteiger partial charge >= 0.3 is 5.97 Å². The summed E-state index contributed by atoms with van der Waals surface area (Å²) in [5.74, 6) is -1.05. The van der Waals surface area contributed by atoms with Gasteiger partial charge in [0.1, 0.15) is 4.88 Å². The Morgan fingerprint density at radius 3 is 2.74 bits per heavy atom. The minimum atomic E-state index is -1.05. The lowest BCUT2D eigenvalue weighted by Crippen LogP contribution is -2.14. The molecule has 1 aromatic carbocycles. The second kappa shape index (κ2) is 5.81. The number of carbonyl (C=O) groups is 1. The number of aromatic carboxylic acids is 1. The Morgan fingerprint density at radius 2 is 2.04 bits per heavy atom. The Morgan fingerprint density at radius 1 is 1.26 bits per heavy atom. The largest absolute Gasteiger partial charge is 0.477 e. The maximum absolute atomic E-state index is 12.2. The summed E-state index contributed by atoms with van der Waals surface area (Å²) in [7, 11) is 0. The number of aryl methyl sites for hydroxylation is 2. The van der Waals surface area contributed by atoms with E-state index in [-0.39, 0.29) is 10.4 Å². The van der Waals surface area contributed by atoms with Crippen molar-refractivity contribution in [1.29, 1.82) is 0 Å². The van der Waals surface area contributed by atoms with Crippen LogP contribution in [0.2, 0.25) is 0 Å². The SMILES string of the molecule is Cc1cccc(C=Cc2cc(=O)n3c(C)c(C(=O)O)sc3n2)c1. The monoisotopic (exact) mass is 326 g/mol. The van der Waals surface area contributed by atoms with E-state index < -0.39 is 5.97 Å². The normalized spacial score (nSPS) is 11.4. The molecule has 2 aromatic heterocycles. The van der Waals surface area contributed by atoms with Crippen LogP contribution < -0.4 is 5.56 Å². The maximum Gasteiger partial charge on any atom is 0.347 e. The Balaban J connectivity index is 2.06. The molecule has 0 aliphatic carbocycles. The van der Waals surface area contributed by atoms with Crippen LogP contribution in [0.4, 0.5) is 0 Å². The Bertz CT molecular complexity index is 999. The van der Waals surface area contributed by atoms with Crippen molar-refractivity contribution in [3.63, 3.8) is 0 Å². The molecule has 0 aliphatic rings. The highest BCUT2D eigenvalue weighted by atomic mass is 32.1. The molecule has 2 heterocycles. The topological polar surface area (TPSA) is 71.7 Å². The summed E-state index contributed by atoms with van der Waals surface area (Å²) in [6.07, 6.45) is 3.63. The zero-order valence-corrected chi connectivity index (χ0v) is 13.4. The highest BCUT2D eigenvalue weighted by Gasteiger charge is 2.16. The van der Waals surface area contributed by atoms with Gasteiger partial charge < -0.3 is 5.11 Å². The van der Waals surface area contributed by atoms with E-state index in [4.69, 9.17) is 5.11 Å². The van der Waals surface area contributed by atoms with Gasteiger partial charge in [-0.25, -0.2) is 9.78 Å². The molecule has 3 aromatic rings. The highest BCUT2D eigenvalue weighted by Crippen LogP contribution is 2.20. The van der Waals surface area contributed by atoms with Crippen LogP contribution in [-0.4, -0.2) is 20.5 Å². The van der Waals surface area contributed by atoms with Crippen molar-refractivity contribution in [2.24, 2.45) is 0 Å². The number of nitrogens with zero attached hydrogens (tertiary/aromatic N) is 2. The molecule has 0 fully saturated rings. The minimum Gasteiger partial charge on any atom is -0.477 e. The van der Waals surface area contributed by atoms with Crippen LogP contribution in [0, 0.1) is 13.8 Å². The van der Waals surface area contributed by atoms with Crippen LogP contribution in [0.25, 0.3) is 17.1 Å². The van der Waals surface area contributed by atoms with E-state index in [1.165, 1.54) is 10.5 Å². The average molecular weight is 326 g/mol. The van der Waals surface area contributed by atoms with Crippen LogP contribution >= 0.6 is 11.3 Å². The molecule has 0 saturated carbocycles. The standard InChI is InChI=1S/C17H14N2O3S/c1-10-4-3-5-12(8-10)6-7-13-9-14(20)19-11(2)15(16(21)22)23-17(19)18-13/h3-9H,1-2H3,(H,21,22). The van der Waals surface area contributed by atoms with Crippen LogP contribution in [0.3, 0.4) is 0 Å². The van der Waals surface area contributed by atoms with Crippen molar-refractivity contribution in [3.05, 3.63) is 68.1 Å². The molecule has 0 aliphatic heterocycles. The van der Waals surface area contributed by atoms with Gasteiger partial charge in [-0.05, 0) is 25.5 Å². The Kier molecular flexibility index (Phi) is 3.83. The first-order chi connectivity index (χ1) is 11.0. The first-order valence-corrected chi connectivity index (χ1v) is 7.78. The molecule has 0 unspecified atom stereocenters. The molecule has 1 N–H and O–H groups in total. The van der Waals surface area contributed by atoms with Gasteiger partial charge in [0.2, 0.25) is 0 Å².